The average molecular weight is 551 g/mol. The highest BCUT2D eigenvalue weighted by Crippen LogP contribution is 2.24. The SMILES string of the molecule is Nc1ccc(S(=O)(=O)N[C@@H](CSSC[C@H](NS(=O)(=O)c2ccc(N)cc2)C(=O)O)C(=O)O)cc1. The highest BCUT2D eigenvalue weighted by atomic mass is 33.1. The van der Waals surface area contributed by atoms with Crippen molar-refractivity contribution >= 4 is 64.9 Å². The zero-order chi connectivity index (χ0) is 25.5. The molecule has 2 aromatic rings. The Hall–Kier alpha value is -2.50. The lowest BCUT2D eigenvalue weighted by Crippen LogP contribution is -2.43. The minimum Gasteiger partial charge on any atom is -0.480 e. The fourth-order valence-electron chi connectivity index (χ4n) is 2.35. The molecule has 2 rings (SSSR count). The zero-order valence-electron chi connectivity index (χ0n) is 17.3. The van der Waals surface area contributed by atoms with Gasteiger partial charge in [0.25, 0.3) is 0 Å². The van der Waals surface area contributed by atoms with Crippen molar-refractivity contribution in [3.63, 3.8) is 0 Å². The Kier molecular flexibility index (Phi) is 9.60. The quantitative estimate of drug-likeness (QED) is 0.113. The van der Waals surface area contributed by atoms with Gasteiger partial charge in [0.05, 0.1) is 9.79 Å². The van der Waals surface area contributed by atoms with Crippen LogP contribution < -0.4 is 20.9 Å². The van der Waals surface area contributed by atoms with Crippen molar-refractivity contribution in [1.82, 2.24) is 9.44 Å². The van der Waals surface area contributed by atoms with E-state index in [0.717, 1.165) is 21.6 Å². The van der Waals surface area contributed by atoms with Gasteiger partial charge in [0.15, 0.2) is 0 Å². The first kappa shape index (κ1) is 27.7. The van der Waals surface area contributed by atoms with Gasteiger partial charge in [0.1, 0.15) is 12.1 Å². The molecule has 0 saturated heterocycles. The predicted molar refractivity (Wildman–Crippen MR) is 130 cm³/mol. The second-order valence-electron chi connectivity index (χ2n) is 6.73. The molecular weight excluding hydrogens is 528 g/mol. The number of benzene rings is 2. The normalized spacial score (nSPS) is 13.8. The lowest BCUT2D eigenvalue weighted by molar-refractivity contribution is -0.139. The zero-order valence-corrected chi connectivity index (χ0v) is 20.6. The second kappa shape index (κ2) is 11.8. The number of hydrogen-bond acceptors (Lipinski definition) is 10. The molecule has 2 aromatic carbocycles. The summed E-state index contributed by atoms with van der Waals surface area (Å²) in [7, 11) is -6.56. The summed E-state index contributed by atoms with van der Waals surface area (Å²) in [6.45, 7) is 0. The van der Waals surface area contributed by atoms with Crippen LogP contribution in [0, 0.1) is 0 Å². The summed E-state index contributed by atoms with van der Waals surface area (Å²) in [5.41, 5.74) is 11.7. The molecule has 0 radical (unpaired) electrons. The van der Waals surface area contributed by atoms with Gasteiger partial charge in [0.2, 0.25) is 20.0 Å². The summed E-state index contributed by atoms with van der Waals surface area (Å²) in [5, 5.41) is 18.7. The predicted octanol–water partition coefficient (Wildman–Crippen LogP) is 0.396. The van der Waals surface area contributed by atoms with Crippen molar-refractivity contribution in [3.8, 4) is 0 Å². The molecule has 8 N–H and O–H groups in total. The molecule has 0 aliphatic rings. The van der Waals surface area contributed by atoms with Gasteiger partial charge < -0.3 is 21.7 Å². The molecule has 0 heterocycles. The van der Waals surface area contributed by atoms with Gasteiger partial charge in [-0.15, -0.1) is 0 Å². The first-order chi connectivity index (χ1) is 15.8. The molecular formula is C18H22N4O8S4. The van der Waals surface area contributed by atoms with Crippen LogP contribution in [-0.2, 0) is 29.6 Å². The number of nitrogens with two attached hydrogens (primary N) is 2. The lowest BCUT2D eigenvalue weighted by atomic mass is 10.3. The maximum absolute atomic E-state index is 12.4. The number of carboxylic acid groups (broad SMARTS) is 2. The van der Waals surface area contributed by atoms with Crippen molar-refractivity contribution in [2.24, 2.45) is 0 Å². The lowest BCUT2D eigenvalue weighted by Gasteiger charge is -2.16. The molecule has 2 atom stereocenters. The van der Waals surface area contributed by atoms with Crippen molar-refractivity contribution < 1.29 is 36.6 Å². The molecule has 0 saturated carbocycles. The fraction of sp³-hybridized carbons (Fsp3) is 0.222. The second-order valence-corrected chi connectivity index (χ2v) is 12.7. The first-order valence-electron chi connectivity index (χ1n) is 9.27. The van der Waals surface area contributed by atoms with E-state index < -0.39 is 44.1 Å². The van der Waals surface area contributed by atoms with E-state index in [-0.39, 0.29) is 21.3 Å². The standard InChI is InChI=1S/C18H22N4O8S4/c19-11-1-5-13(6-2-11)33(27,28)21-15(17(23)24)9-31-32-10-16(18(25)26)22-34(29,30)14-7-3-12(20)4-8-14/h1-8,15-16,21-22H,9-10,19-20H2,(H,23,24)(H,25,26)/t15-,16-/m0/s1. The number of nitrogens with one attached hydrogen (secondary N) is 2. The maximum Gasteiger partial charge on any atom is 0.322 e. The smallest absolute Gasteiger partial charge is 0.322 e. The number of aliphatic carboxylic acids is 2. The Morgan fingerprint density at radius 1 is 0.706 bits per heavy atom. The maximum atomic E-state index is 12.4. The van der Waals surface area contributed by atoms with E-state index >= 15 is 0 Å². The molecule has 12 nitrogen and oxygen atoms in total. The Bertz CT molecular complexity index is 1120. The molecule has 0 amide bonds. The number of carboxylic acids is 2. The first-order valence-corrected chi connectivity index (χ1v) is 14.7. The van der Waals surface area contributed by atoms with E-state index in [9.17, 15) is 36.6 Å². The number of rotatable bonds is 13. The van der Waals surface area contributed by atoms with E-state index in [4.69, 9.17) is 11.5 Å². The molecule has 0 bridgehead atoms. The van der Waals surface area contributed by atoms with Gasteiger partial charge in [-0.1, -0.05) is 21.6 Å². The van der Waals surface area contributed by atoms with Crippen LogP contribution in [-0.4, -0.2) is 62.6 Å². The van der Waals surface area contributed by atoms with Crippen LogP contribution in [0.1, 0.15) is 0 Å². The van der Waals surface area contributed by atoms with Crippen molar-refractivity contribution in [1.29, 1.82) is 0 Å². The van der Waals surface area contributed by atoms with E-state index in [0.29, 0.717) is 11.4 Å². The number of hydrogen-bond donors (Lipinski definition) is 6. The minimum absolute atomic E-state index is 0.173. The number of carbonyl (C=O) groups is 2. The van der Waals surface area contributed by atoms with Gasteiger partial charge in [0, 0.05) is 22.9 Å². The van der Waals surface area contributed by atoms with Gasteiger partial charge >= 0.3 is 11.9 Å². The Morgan fingerprint density at radius 3 is 1.26 bits per heavy atom. The van der Waals surface area contributed by atoms with Crippen molar-refractivity contribution in [2.45, 2.75) is 21.9 Å². The summed E-state index contributed by atoms with van der Waals surface area (Å²) in [6.07, 6.45) is 0. The average Bonchev–Trinajstić information content (AvgIpc) is 2.75. The van der Waals surface area contributed by atoms with Crippen LogP contribution in [0.3, 0.4) is 0 Å². The van der Waals surface area contributed by atoms with Crippen LogP contribution in [0.4, 0.5) is 11.4 Å². The van der Waals surface area contributed by atoms with Gasteiger partial charge in [-0.05, 0) is 48.5 Å². The third-order valence-corrected chi connectivity index (χ3v) is 9.52. The third-order valence-electron chi connectivity index (χ3n) is 4.12. The molecule has 0 aromatic heterocycles. The molecule has 0 spiro atoms. The van der Waals surface area contributed by atoms with E-state index in [2.05, 4.69) is 9.44 Å². The van der Waals surface area contributed by atoms with E-state index in [1.54, 1.807) is 0 Å². The monoisotopic (exact) mass is 550 g/mol. The minimum atomic E-state index is -4.15. The van der Waals surface area contributed by atoms with Crippen LogP contribution in [0.2, 0.25) is 0 Å². The van der Waals surface area contributed by atoms with Gasteiger partial charge in [-0.3, -0.25) is 9.59 Å². The topological polar surface area (TPSA) is 219 Å². The van der Waals surface area contributed by atoms with Crippen LogP contribution >= 0.6 is 21.6 Å². The van der Waals surface area contributed by atoms with Crippen molar-refractivity contribution in [3.05, 3.63) is 48.5 Å². The summed E-state index contributed by atoms with van der Waals surface area (Å²) >= 11 is 0. The van der Waals surface area contributed by atoms with Crippen LogP contribution in [0.15, 0.2) is 58.3 Å². The fourth-order valence-corrected chi connectivity index (χ4v) is 7.25. The molecule has 0 aliphatic carbocycles. The highest BCUT2D eigenvalue weighted by Gasteiger charge is 2.28. The van der Waals surface area contributed by atoms with E-state index in [1.165, 1.54) is 48.5 Å². The van der Waals surface area contributed by atoms with Crippen LogP contribution in [0.25, 0.3) is 0 Å². The number of anilines is 2. The Labute approximate surface area is 204 Å². The van der Waals surface area contributed by atoms with Gasteiger partial charge in [-0.25, -0.2) is 16.8 Å². The van der Waals surface area contributed by atoms with E-state index in [1.807, 2.05) is 0 Å². The molecule has 0 fully saturated rings. The number of nitrogen functional groups attached to an aromatic ring is 2. The summed E-state index contributed by atoms with van der Waals surface area (Å²) in [5.74, 6) is -3.40. The molecule has 0 unspecified atom stereocenters. The number of sulfonamides is 2. The summed E-state index contributed by atoms with van der Waals surface area (Å²) < 4.78 is 53.8. The van der Waals surface area contributed by atoms with Gasteiger partial charge in [-0.2, -0.15) is 9.44 Å². The van der Waals surface area contributed by atoms with Crippen LogP contribution in [0.5, 0.6) is 0 Å². The van der Waals surface area contributed by atoms with Crippen molar-refractivity contribution in [2.75, 3.05) is 23.0 Å². The summed E-state index contributed by atoms with van der Waals surface area (Å²) in [6, 6.07) is 7.28. The summed E-state index contributed by atoms with van der Waals surface area (Å²) in [4.78, 5) is 22.7. The largest absolute Gasteiger partial charge is 0.480 e. The highest BCUT2D eigenvalue weighted by molar-refractivity contribution is 8.76. The molecule has 0 aliphatic heterocycles. The molecule has 16 heteroatoms. The third kappa shape index (κ3) is 8.07. The Balaban J connectivity index is 1.96. The Morgan fingerprint density at radius 2 is 1.00 bits per heavy atom. The molecule has 34 heavy (non-hydrogen) atoms. The molecule has 186 valence electrons.